The minimum atomic E-state index is -0.275. The second-order valence-electron chi connectivity index (χ2n) is 4.15. The molecule has 0 amide bonds. The molecule has 1 fully saturated rings. The Morgan fingerprint density at radius 3 is 2.76 bits per heavy atom. The monoisotopic (exact) mass is 250 g/mol. The average molecular weight is 251 g/mol. The number of epoxide rings is 1. The van der Waals surface area contributed by atoms with Gasteiger partial charge in [-0.05, 0) is 17.7 Å². The van der Waals surface area contributed by atoms with Gasteiger partial charge in [0.2, 0.25) is 5.78 Å². The third-order valence-electron chi connectivity index (χ3n) is 2.98. The van der Waals surface area contributed by atoms with Crippen LogP contribution in [-0.4, -0.2) is 30.8 Å². The molecular formula is C12H11ClN2O2. The molecule has 0 spiro atoms. The molecule has 0 radical (unpaired) electrons. The number of nitrogens with zero attached hydrogens (tertiary/aromatic N) is 1. The van der Waals surface area contributed by atoms with Crippen LogP contribution in [0.5, 0.6) is 0 Å². The van der Waals surface area contributed by atoms with Crippen LogP contribution in [0, 0.1) is 0 Å². The molecular weight excluding hydrogens is 240 g/mol. The Balaban J connectivity index is 1.85. The molecule has 0 aromatic heterocycles. The summed E-state index contributed by atoms with van der Waals surface area (Å²) in [5.74, 6) is -0.00100. The first-order valence-electron chi connectivity index (χ1n) is 5.47. The second-order valence-corrected chi connectivity index (χ2v) is 4.59. The molecule has 0 unspecified atom stereocenters. The van der Waals surface area contributed by atoms with Crippen LogP contribution in [0.4, 0.5) is 0 Å². The molecule has 1 aromatic carbocycles. The van der Waals surface area contributed by atoms with Crippen LogP contribution in [-0.2, 0) is 9.53 Å². The number of hydrazone groups is 1. The highest BCUT2D eigenvalue weighted by molar-refractivity contribution is 6.44. The summed E-state index contributed by atoms with van der Waals surface area (Å²) in [6, 6.07) is 7.50. The van der Waals surface area contributed by atoms with Crippen LogP contribution < -0.4 is 5.43 Å². The van der Waals surface area contributed by atoms with Gasteiger partial charge in [0.05, 0.1) is 12.5 Å². The summed E-state index contributed by atoms with van der Waals surface area (Å²) in [5, 5.41) is 4.77. The number of Topliss-reactive ketones (excluding diaryl/α,β-unsaturated/α-hetero) is 1. The highest BCUT2D eigenvalue weighted by Crippen LogP contribution is 2.25. The number of nitrogens with one attached hydrogen (secondary N) is 1. The van der Waals surface area contributed by atoms with Crippen molar-refractivity contribution in [3.8, 4) is 0 Å². The van der Waals surface area contributed by atoms with E-state index in [9.17, 15) is 4.79 Å². The van der Waals surface area contributed by atoms with Crippen LogP contribution in [0.2, 0.25) is 5.02 Å². The Kier molecular flexibility index (Phi) is 2.61. The van der Waals surface area contributed by atoms with Crippen molar-refractivity contribution in [2.45, 2.75) is 12.0 Å². The second kappa shape index (κ2) is 4.13. The number of rotatable bonds is 3. The summed E-state index contributed by atoms with van der Waals surface area (Å²) in [4.78, 5) is 11.9. The first-order chi connectivity index (χ1) is 8.25. The lowest BCUT2D eigenvalue weighted by Crippen LogP contribution is -2.25. The molecule has 88 valence electrons. The standard InChI is InChI=1S/C12H11ClN2O2/c13-8-3-1-7(2-4-8)9-5-14-15-11(9)12(16)10-6-17-10/h1-4,9-10,14H,5-6H2/t9-,10+/m1/s1. The van der Waals surface area contributed by atoms with E-state index >= 15 is 0 Å². The minimum absolute atomic E-state index is 0.00367. The molecule has 1 N–H and O–H groups in total. The van der Waals surface area contributed by atoms with Crippen molar-refractivity contribution in [3.05, 3.63) is 34.9 Å². The number of carbonyl (C=O) groups excluding carboxylic acids is 1. The van der Waals surface area contributed by atoms with Gasteiger partial charge in [-0.3, -0.25) is 4.79 Å². The molecule has 0 saturated carbocycles. The first-order valence-corrected chi connectivity index (χ1v) is 5.85. The van der Waals surface area contributed by atoms with Crippen molar-refractivity contribution in [1.29, 1.82) is 0 Å². The largest absolute Gasteiger partial charge is 0.364 e. The van der Waals surface area contributed by atoms with Gasteiger partial charge < -0.3 is 10.2 Å². The lowest BCUT2D eigenvalue weighted by Gasteiger charge is -2.10. The normalized spacial score (nSPS) is 26.3. The summed E-state index contributed by atoms with van der Waals surface area (Å²) in [7, 11) is 0. The van der Waals surface area contributed by atoms with Gasteiger partial charge in [0.25, 0.3) is 0 Å². The predicted octanol–water partition coefficient (Wildman–Crippen LogP) is 1.35. The van der Waals surface area contributed by atoms with Gasteiger partial charge in [0.1, 0.15) is 11.8 Å². The average Bonchev–Trinajstić information content (AvgIpc) is 3.07. The summed E-state index contributed by atoms with van der Waals surface area (Å²) < 4.78 is 5.01. The quantitative estimate of drug-likeness (QED) is 0.824. The molecule has 3 rings (SSSR count). The molecule has 2 aliphatic heterocycles. The van der Waals surface area contributed by atoms with E-state index in [-0.39, 0.29) is 17.8 Å². The zero-order valence-electron chi connectivity index (χ0n) is 9.02. The molecule has 0 bridgehead atoms. The van der Waals surface area contributed by atoms with Crippen molar-refractivity contribution >= 4 is 23.1 Å². The fourth-order valence-corrected chi connectivity index (χ4v) is 2.08. The van der Waals surface area contributed by atoms with E-state index in [0.717, 1.165) is 5.56 Å². The Bertz CT molecular complexity index is 480. The van der Waals surface area contributed by atoms with E-state index in [1.54, 1.807) is 0 Å². The van der Waals surface area contributed by atoms with Gasteiger partial charge in [0, 0.05) is 11.6 Å². The predicted molar refractivity (Wildman–Crippen MR) is 64.4 cm³/mol. The third kappa shape index (κ3) is 2.06. The van der Waals surface area contributed by atoms with Crippen LogP contribution in [0.3, 0.4) is 0 Å². The maximum absolute atomic E-state index is 11.9. The van der Waals surface area contributed by atoms with Crippen molar-refractivity contribution in [1.82, 2.24) is 5.43 Å². The number of hydrogen-bond acceptors (Lipinski definition) is 4. The van der Waals surface area contributed by atoms with Gasteiger partial charge in [-0.2, -0.15) is 5.10 Å². The maximum Gasteiger partial charge on any atom is 0.210 e. The van der Waals surface area contributed by atoms with Crippen molar-refractivity contribution in [2.75, 3.05) is 13.2 Å². The topological polar surface area (TPSA) is 54.0 Å². The zero-order valence-corrected chi connectivity index (χ0v) is 9.78. The Morgan fingerprint density at radius 1 is 1.41 bits per heavy atom. The van der Waals surface area contributed by atoms with E-state index < -0.39 is 0 Å². The Morgan fingerprint density at radius 2 is 2.12 bits per heavy atom. The summed E-state index contributed by atoms with van der Waals surface area (Å²) in [5.41, 5.74) is 4.49. The van der Waals surface area contributed by atoms with E-state index in [0.29, 0.717) is 23.9 Å². The summed E-state index contributed by atoms with van der Waals surface area (Å²) in [6.07, 6.45) is -0.275. The number of halogens is 1. The van der Waals surface area contributed by atoms with Crippen molar-refractivity contribution in [3.63, 3.8) is 0 Å². The van der Waals surface area contributed by atoms with E-state index in [1.165, 1.54) is 0 Å². The van der Waals surface area contributed by atoms with Gasteiger partial charge in [-0.1, -0.05) is 23.7 Å². The number of ketones is 1. The number of ether oxygens (including phenoxy) is 1. The number of benzene rings is 1. The highest BCUT2D eigenvalue weighted by Gasteiger charge is 2.39. The molecule has 5 heteroatoms. The van der Waals surface area contributed by atoms with Gasteiger partial charge in [0.15, 0.2) is 0 Å². The SMILES string of the molecule is O=C(C1=NNC[C@@H]1c1ccc(Cl)cc1)[C@@H]1CO1. The zero-order chi connectivity index (χ0) is 11.8. The molecule has 2 heterocycles. The Hall–Kier alpha value is -1.39. The van der Waals surface area contributed by atoms with Crippen LogP contribution in [0.15, 0.2) is 29.4 Å². The van der Waals surface area contributed by atoms with Crippen molar-refractivity contribution in [2.24, 2.45) is 5.10 Å². The number of hydrogen-bond donors (Lipinski definition) is 1. The molecule has 0 aliphatic carbocycles. The lowest BCUT2D eigenvalue weighted by molar-refractivity contribution is -0.114. The van der Waals surface area contributed by atoms with E-state index in [2.05, 4.69) is 10.5 Å². The van der Waals surface area contributed by atoms with Crippen LogP contribution in [0.25, 0.3) is 0 Å². The molecule has 2 atom stereocenters. The third-order valence-corrected chi connectivity index (χ3v) is 3.23. The summed E-state index contributed by atoms with van der Waals surface area (Å²) >= 11 is 5.84. The molecule has 1 saturated heterocycles. The smallest absolute Gasteiger partial charge is 0.210 e. The molecule has 2 aliphatic rings. The van der Waals surface area contributed by atoms with Crippen LogP contribution >= 0.6 is 11.6 Å². The first kappa shape index (κ1) is 10.7. The lowest BCUT2D eigenvalue weighted by atomic mass is 9.92. The number of carbonyl (C=O) groups is 1. The van der Waals surface area contributed by atoms with E-state index in [1.807, 2.05) is 24.3 Å². The fourth-order valence-electron chi connectivity index (χ4n) is 1.96. The Labute approximate surface area is 104 Å². The summed E-state index contributed by atoms with van der Waals surface area (Å²) in [6.45, 7) is 1.17. The molecule has 4 nitrogen and oxygen atoms in total. The fraction of sp³-hybridized carbons (Fsp3) is 0.333. The van der Waals surface area contributed by atoms with Crippen molar-refractivity contribution < 1.29 is 9.53 Å². The van der Waals surface area contributed by atoms with E-state index in [4.69, 9.17) is 16.3 Å². The molecule has 1 aromatic rings. The van der Waals surface area contributed by atoms with Gasteiger partial charge in [-0.15, -0.1) is 0 Å². The van der Waals surface area contributed by atoms with Crippen LogP contribution in [0.1, 0.15) is 11.5 Å². The molecule has 17 heavy (non-hydrogen) atoms. The van der Waals surface area contributed by atoms with Gasteiger partial charge in [-0.25, -0.2) is 0 Å². The maximum atomic E-state index is 11.9. The van der Waals surface area contributed by atoms with Gasteiger partial charge >= 0.3 is 0 Å². The highest BCUT2D eigenvalue weighted by atomic mass is 35.5. The minimum Gasteiger partial charge on any atom is -0.364 e.